The number of hydrogen-bond donors (Lipinski definition) is 1. The van der Waals surface area contributed by atoms with Gasteiger partial charge in [0.1, 0.15) is 22.9 Å². The minimum Gasteiger partial charge on any atom is -0.467 e. The highest BCUT2D eigenvalue weighted by molar-refractivity contribution is 5.85. The van der Waals surface area contributed by atoms with E-state index in [-0.39, 0.29) is 6.42 Å². The van der Waals surface area contributed by atoms with Crippen LogP contribution < -0.4 is 5.32 Å². The van der Waals surface area contributed by atoms with Crippen LogP contribution in [0.2, 0.25) is 0 Å². The normalized spacial score (nSPS) is 12.5. The zero-order valence-corrected chi connectivity index (χ0v) is 18.9. The maximum absolute atomic E-state index is 12.2. The number of benzene rings is 2. The number of esters is 1. The Morgan fingerprint density at radius 3 is 2.58 bits per heavy atom. The van der Waals surface area contributed by atoms with Crippen molar-refractivity contribution in [3.8, 4) is 11.6 Å². The van der Waals surface area contributed by atoms with Gasteiger partial charge in [-0.2, -0.15) is 0 Å². The molecule has 1 atom stereocenters. The van der Waals surface area contributed by atoms with Crippen LogP contribution in [0.15, 0.2) is 59.1 Å². The summed E-state index contributed by atoms with van der Waals surface area (Å²) in [6.45, 7) is 5.25. The molecule has 0 saturated carbocycles. The summed E-state index contributed by atoms with van der Waals surface area (Å²) in [5.74, 6) is -0.161. The molecule has 0 spiro atoms. The summed E-state index contributed by atoms with van der Waals surface area (Å²) < 4.78 is 16.0. The first-order chi connectivity index (χ1) is 15.7. The predicted octanol–water partition coefficient (Wildman–Crippen LogP) is 4.65. The van der Waals surface area contributed by atoms with Crippen LogP contribution in [0, 0.1) is 0 Å². The van der Waals surface area contributed by atoms with Crippen molar-refractivity contribution >= 4 is 33.9 Å². The minimum absolute atomic E-state index is 0.207. The number of hydrogen-bond acceptors (Lipinski definition) is 7. The van der Waals surface area contributed by atoms with Crippen LogP contribution in [0.3, 0.4) is 0 Å². The van der Waals surface area contributed by atoms with E-state index in [1.165, 1.54) is 7.11 Å². The minimum atomic E-state index is -0.907. The SMILES string of the molecule is COC(=O)[C@H](Cc1ccc2oc(-c3cc4ccccc4cn3)nc2c1)NC(=O)OC(C)(C)C. The standard InChI is InChI=1S/C25H25N3O5/c1-25(2,3)33-24(30)28-20(23(29)31-4)12-15-9-10-21-18(11-15)27-22(32-21)19-13-16-7-5-6-8-17(16)14-26-19/h5-11,13-14,20H,12H2,1-4H3,(H,28,30)/t20-/m0/s1. The number of nitrogens with one attached hydrogen (secondary N) is 1. The van der Waals surface area contributed by atoms with Gasteiger partial charge in [-0.25, -0.2) is 14.6 Å². The third-order valence-electron chi connectivity index (χ3n) is 4.92. The van der Waals surface area contributed by atoms with Gasteiger partial charge in [-0.05, 0) is 49.9 Å². The number of methoxy groups -OCH3 is 1. The van der Waals surface area contributed by atoms with E-state index in [0.717, 1.165) is 16.3 Å². The second-order valence-corrected chi connectivity index (χ2v) is 8.66. The first-order valence-electron chi connectivity index (χ1n) is 10.5. The fraction of sp³-hybridized carbons (Fsp3) is 0.280. The Hall–Kier alpha value is -3.94. The molecule has 2 aromatic heterocycles. The number of nitrogens with zero attached hydrogens (tertiary/aromatic N) is 2. The highest BCUT2D eigenvalue weighted by Crippen LogP contribution is 2.26. The van der Waals surface area contributed by atoms with E-state index in [9.17, 15) is 9.59 Å². The van der Waals surface area contributed by atoms with E-state index < -0.39 is 23.7 Å². The zero-order chi connectivity index (χ0) is 23.6. The molecule has 33 heavy (non-hydrogen) atoms. The highest BCUT2D eigenvalue weighted by atomic mass is 16.6. The molecule has 0 bridgehead atoms. The Labute approximate surface area is 190 Å². The van der Waals surface area contributed by atoms with Crippen LogP contribution >= 0.6 is 0 Å². The molecule has 1 N–H and O–H groups in total. The van der Waals surface area contributed by atoms with E-state index in [1.807, 2.05) is 42.5 Å². The van der Waals surface area contributed by atoms with Gasteiger partial charge in [0, 0.05) is 18.0 Å². The van der Waals surface area contributed by atoms with Gasteiger partial charge in [0.05, 0.1) is 7.11 Å². The molecular formula is C25H25N3O5. The topological polar surface area (TPSA) is 104 Å². The molecule has 170 valence electrons. The third kappa shape index (κ3) is 5.28. The molecule has 0 aliphatic rings. The zero-order valence-electron chi connectivity index (χ0n) is 18.9. The van der Waals surface area contributed by atoms with Gasteiger partial charge in [0.2, 0.25) is 5.89 Å². The number of rotatable bonds is 5. The second kappa shape index (κ2) is 8.90. The van der Waals surface area contributed by atoms with E-state index in [4.69, 9.17) is 13.9 Å². The van der Waals surface area contributed by atoms with Crippen molar-refractivity contribution in [3.63, 3.8) is 0 Å². The lowest BCUT2D eigenvalue weighted by atomic mass is 10.1. The molecule has 1 amide bonds. The summed E-state index contributed by atoms with van der Waals surface area (Å²) in [7, 11) is 1.27. The van der Waals surface area contributed by atoms with Crippen molar-refractivity contribution in [2.24, 2.45) is 0 Å². The average Bonchev–Trinajstić information content (AvgIpc) is 3.20. The van der Waals surface area contributed by atoms with Crippen molar-refractivity contribution < 1.29 is 23.5 Å². The smallest absolute Gasteiger partial charge is 0.408 e. The summed E-state index contributed by atoms with van der Waals surface area (Å²) >= 11 is 0. The fourth-order valence-corrected chi connectivity index (χ4v) is 3.43. The van der Waals surface area contributed by atoms with Crippen LogP contribution in [-0.4, -0.2) is 40.8 Å². The molecule has 2 aromatic carbocycles. The fourth-order valence-electron chi connectivity index (χ4n) is 3.43. The molecule has 0 unspecified atom stereocenters. The number of carbonyl (C=O) groups excluding carboxylic acids is 2. The number of aromatic nitrogens is 2. The van der Waals surface area contributed by atoms with Gasteiger partial charge in [-0.3, -0.25) is 4.98 Å². The predicted molar refractivity (Wildman–Crippen MR) is 124 cm³/mol. The van der Waals surface area contributed by atoms with Gasteiger partial charge in [-0.15, -0.1) is 0 Å². The van der Waals surface area contributed by atoms with Crippen LogP contribution in [0.25, 0.3) is 33.5 Å². The number of alkyl carbamates (subject to hydrolysis) is 1. The summed E-state index contributed by atoms with van der Waals surface area (Å²) in [6, 6.07) is 14.4. The number of oxazole rings is 1. The van der Waals surface area contributed by atoms with Crippen molar-refractivity contribution in [1.82, 2.24) is 15.3 Å². The number of fused-ring (bicyclic) bond motifs is 2. The van der Waals surface area contributed by atoms with E-state index in [0.29, 0.717) is 22.7 Å². The Kier molecular flexibility index (Phi) is 6.00. The number of carbonyl (C=O) groups is 2. The Bertz CT molecular complexity index is 1320. The number of amides is 1. The first kappa shape index (κ1) is 22.3. The molecule has 2 heterocycles. The van der Waals surface area contributed by atoms with Crippen LogP contribution in [0.5, 0.6) is 0 Å². The molecule has 4 rings (SSSR count). The highest BCUT2D eigenvalue weighted by Gasteiger charge is 2.25. The average molecular weight is 447 g/mol. The summed E-state index contributed by atoms with van der Waals surface area (Å²) in [4.78, 5) is 33.4. The van der Waals surface area contributed by atoms with Gasteiger partial charge in [0.25, 0.3) is 0 Å². The largest absolute Gasteiger partial charge is 0.467 e. The maximum Gasteiger partial charge on any atom is 0.408 e. The van der Waals surface area contributed by atoms with Crippen LogP contribution in [0.4, 0.5) is 4.79 Å². The lowest BCUT2D eigenvalue weighted by Crippen LogP contribution is -2.45. The van der Waals surface area contributed by atoms with Crippen molar-refractivity contribution in [2.75, 3.05) is 7.11 Å². The molecule has 4 aromatic rings. The van der Waals surface area contributed by atoms with Crippen molar-refractivity contribution in [2.45, 2.75) is 38.8 Å². The van der Waals surface area contributed by atoms with Crippen molar-refractivity contribution in [1.29, 1.82) is 0 Å². The number of pyridine rings is 1. The van der Waals surface area contributed by atoms with Crippen molar-refractivity contribution in [3.05, 3.63) is 60.3 Å². The monoisotopic (exact) mass is 447 g/mol. The molecule has 8 nitrogen and oxygen atoms in total. The molecular weight excluding hydrogens is 422 g/mol. The van der Waals surface area contributed by atoms with E-state index in [2.05, 4.69) is 15.3 Å². The molecule has 0 saturated heterocycles. The molecule has 0 radical (unpaired) electrons. The second-order valence-electron chi connectivity index (χ2n) is 8.66. The quantitative estimate of drug-likeness (QED) is 0.444. The molecule has 0 aliphatic heterocycles. The summed E-state index contributed by atoms with van der Waals surface area (Å²) in [5, 5.41) is 4.65. The van der Waals surface area contributed by atoms with Gasteiger partial charge < -0.3 is 19.2 Å². The van der Waals surface area contributed by atoms with Crippen LogP contribution in [0.1, 0.15) is 26.3 Å². The molecule has 0 aliphatic carbocycles. The maximum atomic E-state index is 12.2. The number of ether oxygens (including phenoxy) is 2. The van der Waals surface area contributed by atoms with E-state index >= 15 is 0 Å². The van der Waals surface area contributed by atoms with Gasteiger partial charge in [0.15, 0.2) is 5.58 Å². The van der Waals surface area contributed by atoms with Gasteiger partial charge in [-0.1, -0.05) is 30.3 Å². The lowest BCUT2D eigenvalue weighted by molar-refractivity contribution is -0.143. The molecule has 8 heteroatoms. The Morgan fingerprint density at radius 1 is 1.09 bits per heavy atom. The summed E-state index contributed by atoms with van der Waals surface area (Å²) in [6.07, 6.45) is 1.30. The van der Waals surface area contributed by atoms with Crippen LogP contribution in [-0.2, 0) is 20.7 Å². The Morgan fingerprint density at radius 2 is 1.85 bits per heavy atom. The van der Waals surface area contributed by atoms with Gasteiger partial charge >= 0.3 is 12.1 Å². The first-order valence-corrected chi connectivity index (χ1v) is 10.5. The van der Waals surface area contributed by atoms with E-state index in [1.54, 1.807) is 33.0 Å². The summed E-state index contributed by atoms with van der Waals surface area (Å²) in [5.41, 5.74) is 1.94. The lowest BCUT2D eigenvalue weighted by Gasteiger charge is -2.22. The Balaban J connectivity index is 1.57. The third-order valence-corrected chi connectivity index (χ3v) is 4.92. The molecule has 0 fully saturated rings.